The molecule has 0 N–H and O–H groups in total. The zero-order valence-corrected chi connectivity index (χ0v) is 23.7. The second-order valence-corrected chi connectivity index (χ2v) is 15.7. The molecule has 1 aliphatic carbocycles. The molecule has 8 heteroatoms. The number of ether oxygens (including phenoxy) is 5. The van der Waals surface area contributed by atoms with Crippen molar-refractivity contribution in [3.05, 3.63) is 35.4 Å². The van der Waals surface area contributed by atoms with Crippen LogP contribution in [0.5, 0.6) is 11.5 Å². The van der Waals surface area contributed by atoms with E-state index in [0.717, 1.165) is 23.3 Å². The van der Waals surface area contributed by atoms with Crippen LogP contribution in [0.3, 0.4) is 0 Å². The molecule has 0 spiro atoms. The van der Waals surface area contributed by atoms with Gasteiger partial charge in [0.1, 0.15) is 6.10 Å². The van der Waals surface area contributed by atoms with Gasteiger partial charge >= 0.3 is 5.97 Å². The van der Waals surface area contributed by atoms with E-state index in [4.69, 9.17) is 28.1 Å². The van der Waals surface area contributed by atoms with Crippen LogP contribution in [0.4, 0.5) is 0 Å². The zero-order chi connectivity index (χ0) is 26.0. The summed E-state index contributed by atoms with van der Waals surface area (Å²) >= 11 is 0. The topological polar surface area (TPSA) is 72.5 Å². The van der Waals surface area contributed by atoms with Crippen LogP contribution < -0.4 is 9.47 Å². The molecule has 0 bridgehead atoms. The molecule has 0 saturated carbocycles. The third kappa shape index (κ3) is 5.45. The molecule has 2 aliphatic rings. The Kier molecular flexibility index (Phi) is 8.41. The minimum Gasteiger partial charge on any atom is -0.493 e. The molecule has 1 aromatic rings. The highest BCUT2D eigenvalue weighted by atomic mass is 28.4. The molecule has 7 nitrogen and oxygen atoms in total. The van der Waals surface area contributed by atoms with Crippen LogP contribution in [0.2, 0.25) is 18.1 Å². The molecule has 1 aliphatic heterocycles. The maximum absolute atomic E-state index is 11.6. The second kappa shape index (κ2) is 10.6. The van der Waals surface area contributed by atoms with Crippen molar-refractivity contribution in [3.63, 3.8) is 0 Å². The standard InChI is InChI=1S/C27H42O7Si/c1-18(28)32-16-15-27-14-10-11-21(34-35(8,9)26(2,3)4)25(27)33-24-20(29-5)13-12-19(23(24)27)17-22(30-6)31-7/h10,12-14,21-22,25H,11,15-17H2,1-9H3/t21-,25+,27-/m0/s1. The van der Waals surface area contributed by atoms with Gasteiger partial charge in [-0.3, -0.25) is 4.79 Å². The van der Waals surface area contributed by atoms with Gasteiger partial charge in [0, 0.05) is 33.1 Å². The quantitative estimate of drug-likeness (QED) is 0.188. The summed E-state index contributed by atoms with van der Waals surface area (Å²) in [6, 6.07) is 3.98. The summed E-state index contributed by atoms with van der Waals surface area (Å²) in [4.78, 5) is 11.6. The Morgan fingerprint density at radius 3 is 2.46 bits per heavy atom. The number of hydrogen-bond acceptors (Lipinski definition) is 7. The fourth-order valence-corrected chi connectivity index (χ4v) is 6.21. The first-order chi connectivity index (χ1) is 16.4. The first-order valence-corrected chi connectivity index (χ1v) is 15.2. The van der Waals surface area contributed by atoms with Gasteiger partial charge < -0.3 is 28.1 Å². The highest BCUT2D eigenvalue weighted by molar-refractivity contribution is 6.74. The number of fused-ring (bicyclic) bond motifs is 3. The molecule has 0 saturated heterocycles. The van der Waals surface area contributed by atoms with Crippen LogP contribution in [0.15, 0.2) is 24.3 Å². The monoisotopic (exact) mass is 506 g/mol. The molecule has 0 fully saturated rings. The predicted octanol–water partition coefficient (Wildman–Crippen LogP) is 5.16. The molecule has 0 amide bonds. The molecular formula is C27H42O7Si. The number of carbonyl (C=O) groups is 1. The van der Waals surface area contributed by atoms with E-state index in [0.29, 0.717) is 18.6 Å². The van der Waals surface area contributed by atoms with Gasteiger partial charge in [0.15, 0.2) is 26.1 Å². The molecular weight excluding hydrogens is 464 g/mol. The SMILES string of the molecule is COc1ccc(CC(OC)OC)c2c1O[C@@H]1[C@@H](O[Si](C)(C)C(C)(C)C)CC=C[C@]21CCOC(C)=O. The van der Waals surface area contributed by atoms with E-state index in [1.165, 1.54) is 6.92 Å². The van der Waals surface area contributed by atoms with Gasteiger partial charge in [-0.05, 0) is 42.6 Å². The average molecular weight is 507 g/mol. The van der Waals surface area contributed by atoms with Gasteiger partial charge in [-0.25, -0.2) is 0 Å². The Labute approximate surface area is 211 Å². The lowest BCUT2D eigenvalue weighted by atomic mass is 9.68. The van der Waals surface area contributed by atoms with Crippen molar-refractivity contribution in [1.82, 2.24) is 0 Å². The molecule has 1 aromatic carbocycles. The fraction of sp³-hybridized carbons (Fsp3) is 0.667. The molecule has 3 rings (SSSR count). The summed E-state index contributed by atoms with van der Waals surface area (Å²) in [6.45, 7) is 13.0. The molecule has 196 valence electrons. The summed E-state index contributed by atoms with van der Waals surface area (Å²) in [5.41, 5.74) is 1.55. The second-order valence-electron chi connectivity index (χ2n) is 11.0. The Hall–Kier alpha value is -1.87. The molecule has 35 heavy (non-hydrogen) atoms. The summed E-state index contributed by atoms with van der Waals surface area (Å²) < 4.78 is 35.9. The van der Waals surface area contributed by atoms with Gasteiger partial charge in [-0.15, -0.1) is 0 Å². The van der Waals surface area contributed by atoms with Gasteiger partial charge in [0.25, 0.3) is 0 Å². The lowest BCUT2D eigenvalue weighted by Gasteiger charge is -2.45. The molecule has 0 aromatic heterocycles. The van der Waals surface area contributed by atoms with E-state index in [-0.39, 0.29) is 29.8 Å². The zero-order valence-electron chi connectivity index (χ0n) is 22.7. The van der Waals surface area contributed by atoms with E-state index >= 15 is 0 Å². The maximum atomic E-state index is 11.6. The van der Waals surface area contributed by atoms with E-state index in [1.807, 2.05) is 12.1 Å². The van der Waals surface area contributed by atoms with Crippen molar-refractivity contribution in [2.45, 2.75) is 89.0 Å². The highest BCUT2D eigenvalue weighted by Gasteiger charge is 2.56. The highest BCUT2D eigenvalue weighted by Crippen LogP contribution is 2.56. The van der Waals surface area contributed by atoms with Gasteiger partial charge in [0.2, 0.25) is 0 Å². The Morgan fingerprint density at radius 1 is 1.20 bits per heavy atom. The van der Waals surface area contributed by atoms with Crippen molar-refractivity contribution in [2.75, 3.05) is 27.9 Å². The average Bonchev–Trinajstić information content (AvgIpc) is 3.13. The van der Waals surface area contributed by atoms with Gasteiger partial charge in [0.05, 0.1) is 25.2 Å². The number of rotatable bonds is 10. The third-order valence-corrected chi connectivity index (χ3v) is 12.3. The van der Waals surface area contributed by atoms with Crippen molar-refractivity contribution >= 4 is 14.3 Å². The van der Waals surface area contributed by atoms with Crippen LogP contribution in [0.25, 0.3) is 0 Å². The Bertz CT molecular complexity index is 932. The van der Waals surface area contributed by atoms with Crippen molar-refractivity contribution in [3.8, 4) is 11.5 Å². The minimum absolute atomic E-state index is 0.0625. The number of hydrogen-bond donors (Lipinski definition) is 0. The molecule has 0 unspecified atom stereocenters. The van der Waals surface area contributed by atoms with Crippen LogP contribution in [0, 0.1) is 0 Å². The number of carbonyl (C=O) groups excluding carboxylic acids is 1. The smallest absolute Gasteiger partial charge is 0.302 e. The Balaban J connectivity index is 2.13. The van der Waals surface area contributed by atoms with Crippen LogP contribution >= 0.6 is 0 Å². The lowest BCUT2D eigenvalue weighted by Crippen LogP contribution is -2.54. The van der Waals surface area contributed by atoms with E-state index < -0.39 is 20.0 Å². The van der Waals surface area contributed by atoms with Crippen molar-refractivity contribution < 1.29 is 32.9 Å². The predicted molar refractivity (Wildman–Crippen MR) is 138 cm³/mol. The largest absolute Gasteiger partial charge is 0.493 e. The van der Waals surface area contributed by atoms with Crippen LogP contribution in [-0.4, -0.2) is 60.7 Å². The molecule has 3 atom stereocenters. The van der Waals surface area contributed by atoms with E-state index in [9.17, 15) is 4.79 Å². The van der Waals surface area contributed by atoms with Gasteiger partial charge in [-0.1, -0.05) is 39.0 Å². The van der Waals surface area contributed by atoms with E-state index in [1.54, 1.807) is 21.3 Å². The van der Waals surface area contributed by atoms with Crippen LogP contribution in [0.1, 0.15) is 51.7 Å². The van der Waals surface area contributed by atoms with E-state index in [2.05, 4.69) is 46.0 Å². The maximum Gasteiger partial charge on any atom is 0.302 e. The molecule has 1 heterocycles. The van der Waals surface area contributed by atoms with Crippen molar-refractivity contribution in [2.24, 2.45) is 0 Å². The van der Waals surface area contributed by atoms with Gasteiger partial charge in [-0.2, -0.15) is 0 Å². The van der Waals surface area contributed by atoms with Crippen LogP contribution in [-0.2, 0) is 35.3 Å². The summed E-state index contributed by atoms with van der Waals surface area (Å²) in [6.07, 6.45) is 5.48. The number of benzene rings is 1. The summed E-state index contributed by atoms with van der Waals surface area (Å²) in [7, 11) is 2.84. The minimum atomic E-state index is -2.08. The number of methoxy groups -OCH3 is 3. The third-order valence-electron chi connectivity index (χ3n) is 7.75. The lowest BCUT2D eigenvalue weighted by molar-refractivity contribution is -0.141. The van der Waals surface area contributed by atoms with Crippen molar-refractivity contribution in [1.29, 1.82) is 0 Å². The molecule has 0 radical (unpaired) electrons. The summed E-state index contributed by atoms with van der Waals surface area (Å²) in [5, 5.41) is 0.0625. The normalized spacial score (nSPS) is 23.6. The summed E-state index contributed by atoms with van der Waals surface area (Å²) in [5.74, 6) is 1.10. The Morgan fingerprint density at radius 2 is 1.89 bits per heavy atom. The first-order valence-electron chi connectivity index (χ1n) is 12.3. The number of esters is 1. The fourth-order valence-electron chi connectivity index (χ4n) is 4.88. The first kappa shape index (κ1) is 27.7.